The molecule has 0 radical (unpaired) electrons. The van der Waals surface area contributed by atoms with Crippen molar-refractivity contribution >= 4 is 5.65 Å². The molecule has 0 unspecified atom stereocenters. The number of fused-ring (bicyclic) bond motifs is 1. The van der Waals surface area contributed by atoms with E-state index in [1.165, 1.54) is 37.8 Å². The maximum atomic E-state index is 6.08. The van der Waals surface area contributed by atoms with Crippen molar-refractivity contribution in [2.75, 3.05) is 6.54 Å². The number of rotatable bonds is 2. The zero-order chi connectivity index (χ0) is 11.7. The van der Waals surface area contributed by atoms with Gasteiger partial charge in [0.1, 0.15) is 5.65 Å². The van der Waals surface area contributed by atoms with E-state index in [1.54, 1.807) is 0 Å². The average Bonchev–Trinajstić information content (AvgIpc) is 2.84. The van der Waals surface area contributed by atoms with Crippen LogP contribution in [0.5, 0.6) is 0 Å². The molecule has 2 aromatic heterocycles. The molecule has 0 spiro atoms. The molecule has 0 atom stereocenters. The van der Waals surface area contributed by atoms with Crippen LogP contribution in [0.15, 0.2) is 30.6 Å². The smallest absolute Gasteiger partial charge is 0.136 e. The third kappa shape index (κ3) is 1.65. The van der Waals surface area contributed by atoms with Crippen molar-refractivity contribution in [3.05, 3.63) is 36.3 Å². The molecule has 2 N–H and O–H groups in total. The van der Waals surface area contributed by atoms with E-state index in [4.69, 9.17) is 5.73 Å². The molecule has 1 saturated carbocycles. The molecular formula is C14H19N3. The second-order valence-electron chi connectivity index (χ2n) is 5.12. The van der Waals surface area contributed by atoms with E-state index < -0.39 is 0 Å². The molecule has 0 aromatic carbocycles. The molecule has 0 saturated heterocycles. The van der Waals surface area contributed by atoms with E-state index in [1.807, 2.05) is 12.3 Å². The Balaban J connectivity index is 2.12. The monoisotopic (exact) mass is 229 g/mol. The van der Waals surface area contributed by atoms with Crippen LogP contribution >= 0.6 is 0 Å². The topological polar surface area (TPSA) is 43.3 Å². The Morgan fingerprint density at radius 1 is 1.24 bits per heavy atom. The van der Waals surface area contributed by atoms with E-state index >= 15 is 0 Å². The summed E-state index contributed by atoms with van der Waals surface area (Å²) in [6, 6.07) is 6.14. The van der Waals surface area contributed by atoms with Gasteiger partial charge in [-0.15, -0.1) is 0 Å². The minimum absolute atomic E-state index is 0.152. The van der Waals surface area contributed by atoms with Gasteiger partial charge in [-0.2, -0.15) is 0 Å². The molecular weight excluding hydrogens is 210 g/mol. The second kappa shape index (κ2) is 4.15. The van der Waals surface area contributed by atoms with Gasteiger partial charge in [-0.25, -0.2) is 4.98 Å². The lowest BCUT2D eigenvalue weighted by atomic mass is 9.72. The van der Waals surface area contributed by atoms with Crippen LogP contribution in [0.25, 0.3) is 5.65 Å². The van der Waals surface area contributed by atoms with Gasteiger partial charge in [0.25, 0.3) is 0 Å². The molecule has 2 heterocycles. The Labute approximate surface area is 102 Å². The van der Waals surface area contributed by atoms with Crippen LogP contribution in [-0.2, 0) is 5.41 Å². The Morgan fingerprint density at radius 3 is 2.82 bits per heavy atom. The van der Waals surface area contributed by atoms with Crippen LogP contribution in [0.2, 0.25) is 0 Å². The van der Waals surface area contributed by atoms with E-state index in [9.17, 15) is 0 Å². The van der Waals surface area contributed by atoms with Crippen LogP contribution in [-0.4, -0.2) is 15.9 Å². The van der Waals surface area contributed by atoms with E-state index in [0.29, 0.717) is 0 Å². The molecule has 17 heavy (non-hydrogen) atoms. The second-order valence-corrected chi connectivity index (χ2v) is 5.12. The number of nitrogens with zero attached hydrogens (tertiary/aromatic N) is 2. The van der Waals surface area contributed by atoms with Gasteiger partial charge in [0.2, 0.25) is 0 Å². The highest BCUT2D eigenvalue weighted by molar-refractivity contribution is 5.42. The van der Waals surface area contributed by atoms with Gasteiger partial charge in [0.05, 0.1) is 0 Å². The largest absolute Gasteiger partial charge is 0.330 e. The van der Waals surface area contributed by atoms with Crippen molar-refractivity contribution in [1.82, 2.24) is 9.38 Å². The van der Waals surface area contributed by atoms with Crippen LogP contribution in [0.3, 0.4) is 0 Å². The molecule has 2 aromatic rings. The highest BCUT2D eigenvalue weighted by atomic mass is 15.0. The summed E-state index contributed by atoms with van der Waals surface area (Å²) < 4.78 is 2.21. The zero-order valence-corrected chi connectivity index (χ0v) is 10.1. The van der Waals surface area contributed by atoms with Crippen molar-refractivity contribution < 1.29 is 0 Å². The van der Waals surface area contributed by atoms with Gasteiger partial charge < -0.3 is 10.1 Å². The fourth-order valence-electron chi connectivity index (χ4n) is 3.12. The highest BCUT2D eigenvalue weighted by Crippen LogP contribution is 2.38. The van der Waals surface area contributed by atoms with Crippen LogP contribution in [0, 0.1) is 0 Å². The molecule has 3 nitrogen and oxygen atoms in total. The fraction of sp³-hybridized carbons (Fsp3) is 0.500. The predicted octanol–water partition coefficient (Wildman–Crippen LogP) is 2.49. The number of hydrogen-bond donors (Lipinski definition) is 1. The fourth-order valence-corrected chi connectivity index (χ4v) is 3.12. The standard InChI is InChI=1S/C14H19N3/c15-11-14(7-3-1-4-8-14)12-10-16-13-6-2-5-9-17(12)13/h2,5-6,9-10H,1,3-4,7-8,11,15H2. The first-order valence-electron chi connectivity index (χ1n) is 6.48. The predicted molar refractivity (Wildman–Crippen MR) is 69.0 cm³/mol. The third-order valence-corrected chi connectivity index (χ3v) is 4.16. The van der Waals surface area contributed by atoms with Gasteiger partial charge in [-0.3, -0.25) is 0 Å². The van der Waals surface area contributed by atoms with Crippen molar-refractivity contribution in [3.8, 4) is 0 Å². The molecule has 1 aliphatic rings. The van der Waals surface area contributed by atoms with Crippen LogP contribution < -0.4 is 5.73 Å². The third-order valence-electron chi connectivity index (χ3n) is 4.16. The van der Waals surface area contributed by atoms with Crippen molar-refractivity contribution in [2.45, 2.75) is 37.5 Å². The summed E-state index contributed by atoms with van der Waals surface area (Å²) in [5.74, 6) is 0. The molecule has 0 bridgehead atoms. The van der Waals surface area contributed by atoms with Gasteiger partial charge in [-0.1, -0.05) is 25.3 Å². The quantitative estimate of drug-likeness (QED) is 0.859. The van der Waals surface area contributed by atoms with Crippen LogP contribution in [0.1, 0.15) is 37.8 Å². The number of imidazole rings is 1. The SMILES string of the molecule is NCC1(c2cnc3ccccn23)CCCCC1. The molecule has 1 fully saturated rings. The highest BCUT2D eigenvalue weighted by Gasteiger charge is 2.34. The summed E-state index contributed by atoms with van der Waals surface area (Å²) in [6.45, 7) is 0.732. The lowest BCUT2D eigenvalue weighted by molar-refractivity contribution is 0.292. The van der Waals surface area contributed by atoms with Gasteiger partial charge in [-0.05, 0) is 25.0 Å². The zero-order valence-electron chi connectivity index (χ0n) is 10.1. The minimum atomic E-state index is 0.152. The molecule has 1 aliphatic carbocycles. The Bertz CT molecular complexity index is 509. The van der Waals surface area contributed by atoms with Crippen LogP contribution in [0.4, 0.5) is 0 Å². The summed E-state index contributed by atoms with van der Waals surface area (Å²) >= 11 is 0. The summed E-state index contributed by atoms with van der Waals surface area (Å²) in [4.78, 5) is 4.49. The average molecular weight is 229 g/mol. The molecule has 90 valence electrons. The maximum absolute atomic E-state index is 6.08. The number of pyridine rings is 1. The first kappa shape index (κ1) is 10.8. The van der Waals surface area contributed by atoms with Crippen molar-refractivity contribution in [2.24, 2.45) is 5.73 Å². The first-order valence-corrected chi connectivity index (χ1v) is 6.48. The summed E-state index contributed by atoms with van der Waals surface area (Å²) in [7, 11) is 0. The maximum Gasteiger partial charge on any atom is 0.136 e. The van der Waals surface area contributed by atoms with Crippen molar-refractivity contribution in [1.29, 1.82) is 0 Å². The molecule has 0 amide bonds. The van der Waals surface area contributed by atoms with E-state index in [0.717, 1.165) is 12.2 Å². The molecule has 0 aliphatic heterocycles. The van der Waals surface area contributed by atoms with Crippen molar-refractivity contribution in [3.63, 3.8) is 0 Å². The Kier molecular flexibility index (Phi) is 2.63. The van der Waals surface area contributed by atoms with Gasteiger partial charge in [0, 0.05) is 30.0 Å². The normalized spacial score (nSPS) is 19.6. The Hall–Kier alpha value is -1.35. The summed E-state index contributed by atoms with van der Waals surface area (Å²) in [5, 5.41) is 0. The Morgan fingerprint density at radius 2 is 2.06 bits per heavy atom. The lowest BCUT2D eigenvalue weighted by Crippen LogP contribution is -2.38. The van der Waals surface area contributed by atoms with Gasteiger partial charge in [0.15, 0.2) is 0 Å². The number of aromatic nitrogens is 2. The molecule has 3 heteroatoms. The number of hydrogen-bond acceptors (Lipinski definition) is 2. The van der Waals surface area contributed by atoms with Gasteiger partial charge >= 0.3 is 0 Å². The number of nitrogens with two attached hydrogens (primary N) is 1. The lowest BCUT2D eigenvalue weighted by Gasteiger charge is -2.35. The van der Waals surface area contributed by atoms with E-state index in [2.05, 4.69) is 27.7 Å². The van der Waals surface area contributed by atoms with E-state index in [-0.39, 0.29) is 5.41 Å². The summed E-state index contributed by atoms with van der Waals surface area (Å²) in [6.07, 6.45) is 10.4. The summed E-state index contributed by atoms with van der Waals surface area (Å²) in [5.41, 5.74) is 8.56. The molecule has 3 rings (SSSR count). The first-order chi connectivity index (χ1) is 8.36. The minimum Gasteiger partial charge on any atom is -0.330 e.